The molecule has 2 aromatic carbocycles. The maximum Gasteiger partial charge on any atom is 0.330 e. The van der Waals surface area contributed by atoms with Crippen LogP contribution >= 0.6 is 12.4 Å². The van der Waals surface area contributed by atoms with Crippen LogP contribution in [0, 0.1) is 0 Å². The molecule has 2 aromatic rings. The van der Waals surface area contributed by atoms with Crippen LogP contribution in [0.3, 0.4) is 0 Å². The molecule has 1 heterocycles. The zero-order valence-electron chi connectivity index (χ0n) is 13.9. The number of hydrogen-bond acceptors (Lipinski definition) is 4. The first-order valence-corrected chi connectivity index (χ1v) is 9.25. The fraction of sp³-hybridized carbons (Fsp3) is 0.294. The summed E-state index contributed by atoms with van der Waals surface area (Å²) in [6.45, 7) is 0.656. The number of anilines is 3. The Kier molecular flexibility index (Phi) is 6.29. The van der Waals surface area contributed by atoms with Gasteiger partial charge < -0.3 is 10.4 Å². The Morgan fingerprint density at radius 2 is 1.64 bits per heavy atom. The Morgan fingerprint density at radius 3 is 2.28 bits per heavy atom. The highest BCUT2D eigenvalue weighted by Gasteiger charge is 2.40. The van der Waals surface area contributed by atoms with E-state index in [1.807, 2.05) is 30.3 Å². The van der Waals surface area contributed by atoms with Crippen molar-refractivity contribution in [2.24, 2.45) is 0 Å². The molecule has 25 heavy (non-hydrogen) atoms. The van der Waals surface area contributed by atoms with Crippen molar-refractivity contribution in [2.75, 3.05) is 28.7 Å². The van der Waals surface area contributed by atoms with Gasteiger partial charge in [-0.05, 0) is 37.7 Å². The van der Waals surface area contributed by atoms with Crippen molar-refractivity contribution in [1.29, 1.82) is 0 Å². The third-order valence-corrected chi connectivity index (χ3v) is 5.78. The number of nitrogens with one attached hydrogen (secondary N) is 1. The number of fused-ring (bicyclic) bond motifs is 1. The van der Waals surface area contributed by atoms with E-state index < -0.39 is 16.3 Å². The van der Waals surface area contributed by atoms with Gasteiger partial charge in [-0.3, -0.25) is 4.31 Å². The Morgan fingerprint density at radius 1 is 1.04 bits per heavy atom. The highest BCUT2D eigenvalue weighted by molar-refractivity contribution is 7.95. The summed E-state index contributed by atoms with van der Waals surface area (Å²) in [6.07, 6.45) is -0.236. The number of likely N-dealkylation sites (N-methyl/N-ethyl adjacent to an activating group) is 1. The summed E-state index contributed by atoms with van der Waals surface area (Å²) in [5, 5.41) is 12.8. The maximum atomic E-state index is 13.1. The zero-order valence-corrected chi connectivity index (χ0v) is 15.5. The van der Waals surface area contributed by atoms with Crippen LogP contribution in [0.15, 0.2) is 54.6 Å². The monoisotopic (exact) mass is 383 g/mol. The number of halogens is 1. The first kappa shape index (κ1) is 19.5. The van der Waals surface area contributed by atoms with E-state index in [2.05, 4.69) is 5.32 Å². The van der Waals surface area contributed by atoms with Gasteiger partial charge in [0.2, 0.25) is 0 Å². The molecular weight excluding hydrogens is 362 g/mol. The molecule has 0 aromatic heterocycles. The fourth-order valence-corrected chi connectivity index (χ4v) is 4.60. The summed E-state index contributed by atoms with van der Waals surface area (Å²) in [5.41, 5.74) is 1.87. The quantitative estimate of drug-likeness (QED) is 0.802. The van der Waals surface area contributed by atoms with Gasteiger partial charge in [0.25, 0.3) is 0 Å². The molecule has 1 aliphatic rings. The van der Waals surface area contributed by atoms with Crippen molar-refractivity contribution < 1.29 is 13.5 Å². The average molecular weight is 384 g/mol. The smallest absolute Gasteiger partial charge is 0.330 e. The minimum atomic E-state index is -3.72. The van der Waals surface area contributed by atoms with E-state index in [-0.39, 0.29) is 19.0 Å². The van der Waals surface area contributed by atoms with Gasteiger partial charge in [-0.25, -0.2) is 4.31 Å². The van der Waals surface area contributed by atoms with Crippen LogP contribution in [0.25, 0.3) is 0 Å². The molecule has 0 saturated heterocycles. The summed E-state index contributed by atoms with van der Waals surface area (Å²) in [7, 11) is -1.96. The predicted octanol–water partition coefficient (Wildman–Crippen LogP) is 2.28. The number of hydrogen-bond donors (Lipinski definition) is 2. The van der Waals surface area contributed by atoms with Crippen LogP contribution in [0.1, 0.15) is 6.42 Å². The predicted molar refractivity (Wildman–Crippen MR) is 103 cm³/mol. The summed E-state index contributed by atoms with van der Waals surface area (Å²) in [6, 6.07) is 16.2. The Labute approximate surface area is 154 Å². The van der Waals surface area contributed by atoms with Crippen LogP contribution in [0.4, 0.5) is 17.1 Å². The van der Waals surface area contributed by atoms with E-state index in [0.29, 0.717) is 30.0 Å². The molecule has 0 unspecified atom stereocenters. The molecule has 0 saturated carbocycles. The second-order valence-corrected chi connectivity index (χ2v) is 7.37. The standard InChI is InChI=1S/C17H21N3O3S.ClH/c1-18-13-15(21)11-12-19-16-9-5-6-10-17(16)20(24(19,22)23)14-7-3-2-4-8-14;/h2-10,15,18,21H,11-13H2,1H3;1H/t15-;/m0./s1. The fourth-order valence-electron chi connectivity index (χ4n) is 2.87. The van der Waals surface area contributed by atoms with Gasteiger partial charge in [0.15, 0.2) is 0 Å². The first-order chi connectivity index (χ1) is 11.6. The molecule has 136 valence electrons. The van der Waals surface area contributed by atoms with Crippen LogP contribution in [-0.4, -0.2) is 39.8 Å². The summed E-state index contributed by atoms with van der Waals surface area (Å²) >= 11 is 0. The third-order valence-electron chi connectivity index (χ3n) is 3.97. The van der Waals surface area contributed by atoms with E-state index >= 15 is 0 Å². The molecule has 0 spiro atoms. The zero-order chi connectivity index (χ0) is 17.2. The van der Waals surface area contributed by atoms with Gasteiger partial charge in [0.05, 0.1) is 23.2 Å². The summed E-state index contributed by atoms with van der Waals surface area (Å²) < 4.78 is 28.9. The number of rotatable bonds is 6. The average Bonchev–Trinajstić information content (AvgIpc) is 2.80. The SMILES string of the molecule is CNC[C@@H](O)CCN1c2ccccc2N(c2ccccc2)S1(=O)=O.Cl. The lowest BCUT2D eigenvalue weighted by Crippen LogP contribution is -2.38. The van der Waals surface area contributed by atoms with Crippen molar-refractivity contribution in [1.82, 2.24) is 5.32 Å². The lowest BCUT2D eigenvalue weighted by Gasteiger charge is -2.22. The molecule has 1 atom stereocenters. The summed E-state index contributed by atoms with van der Waals surface area (Å²) in [5.74, 6) is 0. The molecule has 0 radical (unpaired) electrons. The second kappa shape index (κ2) is 8.05. The molecule has 0 fully saturated rings. The van der Waals surface area contributed by atoms with Crippen molar-refractivity contribution in [2.45, 2.75) is 12.5 Å². The summed E-state index contributed by atoms with van der Waals surface area (Å²) in [4.78, 5) is 0. The molecule has 8 heteroatoms. The van der Waals surface area contributed by atoms with Gasteiger partial charge in [0.1, 0.15) is 0 Å². The molecule has 0 aliphatic carbocycles. The Bertz CT molecular complexity index is 802. The number of para-hydroxylation sites is 3. The van der Waals surface area contributed by atoms with Crippen LogP contribution in [0.5, 0.6) is 0 Å². The lowest BCUT2D eigenvalue weighted by molar-refractivity contribution is 0.167. The number of aliphatic hydroxyl groups is 1. The lowest BCUT2D eigenvalue weighted by atomic mass is 10.2. The number of benzene rings is 2. The van der Waals surface area contributed by atoms with Gasteiger partial charge in [-0.2, -0.15) is 8.42 Å². The minimum Gasteiger partial charge on any atom is -0.392 e. The maximum absolute atomic E-state index is 13.1. The van der Waals surface area contributed by atoms with Crippen molar-refractivity contribution >= 4 is 39.7 Å². The van der Waals surface area contributed by atoms with Crippen molar-refractivity contribution in [3.05, 3.63) is 54.6 Å². The van der Waals surface area contributed by atoms with Crippen LogP contribution in [-0.2, 0) is 10.2 Å². The van der Waals surface area contributed by atoms with Crippen LogP contribution < -0.4 is 13.9 Å². The molecular formula is C17H22ClN3O3S. The van der Waals surface area contributed by atoms with Gasteiger partial charge in [-0.15, -0.1) is 12.4 Å². The van der Waals surface area contributed by atoms with Crippen LogP contribution in [0.2, 0.25) is 0 Å². The first-order valence-electron chi connectivity index (χ1n) is 7.85. The van der Waals surface area contributed by atoms with E-state index in [9.17, 15) is 13.5 Å². The van der Waals surface area contributed by atoms with Crippen molar-refractivity contribution in [3.63, 3.8) is 0 Å². The number of nitrogens with zero attached hydrogens (tertiary/aromatic N) is 2. The molecule has 6 nitrogen and oxygen atoms in total. The highest BCUT2D eigenvalue weighted by atomic mass is 35.5. The topological polar surface area (TPSA) is 72.9 Å². The largest absolute Gasteiger partial charge is 0.392 e. The molecule has 1 aliphatic heterocycles. The van der Waals surface area contributed by atoms with Crippen molar-refractivity contribution in [3.8, 4) is 0 Å². The second-order valence-electron chi connectivity index (χ2n) is 5.67. The van der Waals surface area contributed by atoms with E-state index in [1.54, 1.807) is 31.3 Å². The molecule has 0 bridgehead atoms. The Hall–Kier alpha value is -1.80. The molecule has 2 N–H and O–H groups in total. The van der Waals surface area contributed by atoms with E-state index in [4.69, 9.17) is 0 Å². The van der Waals surface area contributed by atoms with Gasteiger partial charge in [0, 0.05) is 13.1 Å². The van der Waals surface area contributed by atoms with E-state index in [0.717, 1.165) is 0 Å². The van der Waals surface area contributed by atoms with Gasteiger partial charge in [-0.1, -0.05) is 30.3 Å². The normalized spacial score (nSPS) is 16.2. The Balaban J connectivity index is 0.00000225. The minimum absolute atomic E-state index is 0. The molecule has 3 rings (SSSR count). The van der Waals surface area contributed by atoms with Gasteiger partial charge >= 0.3 is 10.2 Å². The third kappa shape index (κ3) is 3.74. The van der Waals surface area contributed by atoms with E-state index in [1.165, 1.54) is 8.61 Å². The molecule has 0 amide bonds. The highest BCUT2D eigenvalue weighted by Crippen LogP contribution is 2.44. The number of aliphatic hydroxyl groups excluding tert-OH is 1.